The summed E-state index contributed by atoms with van der Waals surface area (Å²) in [6.45, 7) is 4.36. The summed E-state index contributed by atoms with van der Waals surface area (Å²) >= 11 is 0. The molecule has 2 aliphatic rings. The van der Waals surface area contributed by atoms with E-state index in [4.69, 9.17) is 14.5 Å². The van der Waals surface area contributed by atoms with Gasteiger partial charge in [-0.05, 0) is 30.5 Å². The number of sulfone groups is 1. The van der Waals surface area contributed by atoms with Crippen LogP contribution in [-0.4, -0.2) is 41.5 Å². The molecule has 1 aromatic carbocycles. The van der Waals surface area contributed by atoms with Crippen LogP contribution < -0.4 is 9.47 Å². The third-order valence-electron chi connectivity index (χ3n) is 4.86. The number of hydrogen-bond acceptors (Lipinski definition) is 6. The zero-order valence-corrected chi connectivity index (χ0v) is 15.8. The van der Waals surface area contributed by atoms with Gasteiger partial charge in [0.25, 0.3) is 0 Å². The monoisotopic (exact) mass is 377 g/mol. The quantitative estimate of drug-likeness (QED) is 0.795. The van der Waals surface area contributed by atoms with E-state index in [9.17, 15) is 8.42 Å². The Balaban J connectivity index is 1.55. The highest BCUT2D eigenvalue weighted by Gasteiger charge is 2.32. The number of hydrogen-bond donors (Lipinski definition) is 0. The summed E-state index contributed by atoms with van der Waals surface area (Å²) in [7, 11) is -2.96. The van der Waals surface area contributed by atoms with E-state index in [2.05, 4.69) is 5.10 Å². The Kier molecular flexibility index (Phi) is 4.38. The Bertz CT molecular complexity index is 921. The maximum Gasteiger partial charge on any atom is 0.231 e. The van der Waals surface area contributed by atoms with E-state index in [1.165, 1.54) is 0 Å². The van der Waals surface area contributed by atoms with E-state index < -0.39 is 9.84 Å². The van der Waals surface area contributed by atoms with Crippen molar-refractivity contribution in [3.05, 3.63) is 35.4 Å². The van der Waals surface area contributed by atoms with Crippen LogP contribution in [0.1, 0.15) is 49.4 Å². The molecule has 0 bridgehead atoms. The molecular formula is C18H23N3O4S. The molecule has 7 nitrogen and oxygen atoms in total. The summed E-state index contributed by atoms with van der Waals surface area (Å²) in [6.07, 6.45) is 2.10. The van der Waals surface area contributed by atoms with Crippen molar-refractivity contribution in [2.45, 2.75) is 45.1 Å². The van der Waals surface area contributed by atoms with Gasteiger partial charge in [0.15, 0.2) is 27.2 Å². The maximum atomic E-state index is 11.9. The first kappa shape index (κ1) is 17.3. The maximum absolute atomic E-state index is 11.9. The van der Waals surface area contributed by atoms with Gasteiger partial charge in [-0.3, -0.25) is 0 Å². The Hall–Kier alpha value is -2.09. The molecule has 0 radical (unpaired) electrons. The van der Waals surface area contributed by atoms with Crippen molar-refractivity contribution in [2.75, 3.05) is 18.3 Å². The number of benzene rings is 1. The fraction of sp³-hybridized carbons (Fsp3) is 0.556. The number of fused-ring (bicyclic) bond motifs is 1. The van der Waals surface area contributed by atoms with Crippen LogP contribution in [0.3, 0.4) is 0 Å². The predicted molar refractivity (Wildman–Crippen MR) is 96.4 cm³/mol. The molecule has 2 aromatic rings. The van der Waals surface area contributed by atoms with Gasteiger partial charge in [-0.1, -0.05) is 19.9 Å². The fourth-order valence-corrected chi connectivity index (χ4v) is 5.09. The van der Waals surface area contributed by atoms with Gasteiger partial charge in [0.1, 0.15) is 5.82 Å². The van der Waals surface area contributed by atoms with Crippen LogP contribution in [0, 0.1) is 0 Å². The van der Waals surface area contributed by atoms with E-state index in [-0.39, 0.29) is 30.3 Å². The lowest BCUT2D eigenvalue weighted by Gasteiger charge is -2.12. The molecule has 1 fully saturated rings. The van der Waals surface area contributed by atoms with Crippen LogP contribution in [0.5, 0.6) is 11.5 Å². The number of ether oxygens (including phenoxy) is 2. The molecule has 3 heterocycles. The zero-order valence-electron chi connectivity index (χ0n) is 15.0. The first-order valence-electron chi connectivity index (χ1n) is 8.95. The first-order valence-corrected chi connectivity index (χ1v) is 10.8. The molecule has 0 amide bonds. The molecule has 26 heavy (non-hydrogen) atoms. The predicted octanol–water partition coefficient (Wildman–Crippen LogP) is 2.28. The number of aryl methyl sites for hydroxylation is 2. The van der Waals surface area contributed by atoms with Crippen molar-refractivity contribution in [2.24, 2.45) is 0 Å². The topological polar surface area (TPSA) is 83.3 Å². The molecule has 0 aliphatic carbocycles. The molecule has 0 saturated carbocycles. The van der Waals surface area contributed by atoms with E-state index in [0.717, 1.165) is 35.1 Å². The summed E-state index contributed by atoms with van der Waals surface area (Å²) in [6, 6.07) is 5.84. The van der Waals surface area contributed by atoms with Gasteiger partial charge < -0.3 is 9.47 Å². The summed E-state index contributed by atoms with van der Waals surface area (Å²) in [5.41, 5.74) is 1.13. The highest BCUT2D eigenvalue weighted by Crippen LogP contribution is 2.33. The van der Waals surface area contributed by atoms with Crippen molar-refractivity contribution >= 4 is 9.84 Å². The van der Waals surface area contributed by atoms with Gasteiger partial charge in [0.05, 0.1) is 17.5 Å². The minimum Gasteiger partial charge on any atom is -0.454 e. The SMILES string of the molecule is CC(C)c1nc(CCc2ccc3c(c2)OCO3)n(C2CCS(=O)(=O)C2)n1. The Morgan fingerprint density at radius 3 is 2.77 bits per heavy atom. The second-order valence-corrected chi connectivity index (χ2v) is 9.46. The average molecular weight is 377 g/mol. The standard InChI is InChI=1S/C18H23N3O4S/c1-12(2)18-19-17(21(20-18)14-7-8-26(22,23)10-14)6-4-13-3-5-15-16(9-13)25-11-24-15/h3,5,9,12,14H,4,6-8,10-11H2,1-2H3. The summed E-state index contributed by atoms with van der Waals surface area (Å²) in [5.74, 6) is 3.77. The lowest BCUT2D eigenvalue weighted by Crippen LogP contribution is -2.16. The summed E-state index contributed by atoms with van der Waals surface area (Å²) in [4.78, 5) is 4.69. The van der Waals surface area contributed by atoms with Crippen LogP contribution in [-0.2, 0) is 22.7 Å². The van der Waals surface area contributed by atoms with Crippen LogP contribution >= 0.6 is 0 Å². The van der Waals surface area contributed by atoms with Crippen molar-refractivity contribution in [1.29, 1.82) is 0 Å². The zero-order chi connectivity index (χ0) is 18.3. The molecule has 1 unspecified atom stereocenters. The molecule has 1 saturated heterocycles. The summed E-state index contributed by atoms with van der Waals surface area (Å²) in [5, 5.41) is 4.62. The largest absolute Gasteiger partial charge is 0.454 e. The highest BCUT2D eigenvalue weighted by atomic mass is 32.2. The van der Waals surface area contributed by atoms with E-state index in [1.54, 1.807) is 0 Å². The molecule has 8 heteroatoms. The second-order valence-electron chi connectivity index (χ2n) is 7.23. The van der Waals surface area contributed by atoms with Gasteiger partial charge in [0, 0.05) is 12.3 Å². The minimum atomic E-state index is -2.96. The van der Waals surface area contributed by atoms with Crippen LogP contribution in [0.15, 0.2) is 18.2 Å². The minimum absolute atomic E-state index is 0.105. The van der Waals surface area contributed by atoms with E-state index in [0.29, 0.717) is 12.8 Å². The molecule has 0 N–H and O–H groups in total. The van der Waals surface area contributed by atoms with Crippen LogP contribution in [0.4, 0.5) is 0 Å². The molecular weight excluding hydrogens is 354 g/mol. The van der Waals surface area contributed by atoms with E-state index in [1.807, 2.05) is 36.7 Å². The number of nitrogens with zero attached hydrogens (tertiary/aromatic N) is 3. The van der Waals surface area contributed by atoms with Crippen molar-refractivity contribution < 1.29 is 17.9 Å². The molecule has 1 aromatic heterocycles. The average Bonchev–Trinajstić information content (AvgIpc) is 3.29. The lowest BCUT2D eigenvalue weighted by atomic mass is 10.1. The van der Waals surface area contributed by atoms with Gasteiger partial charge in [-0.15, -0.1) is 0 Å². The molecule has 1 atom stereocenters. The molecule has 140 valence electrons. The van der Waals surface area contributed by atoms with Gasteiger partial charge in [0.2, 0.25) is 6.79 Å². The normalized spacial score (nSPS) is 20.8. The first-order chi connectivity index (χ1) is 12.4. The Labute approximate surface area is 153 Å². The Morgan fingerprint density at radius 2 is 2.04 bits per heavy atom. The van der Waals surface area contributed by atoms with Crippen LogP contribution in [0.2, 0.25) is 0 Å². The molecule has 4 rings (SSSR count). The number of aromatic nitrogens is 3. The van der Waals surface area contributed by atoms with Crippen molar-refractivity contribution in [3.63, 3.8) is 0 Å². The smallest absolute Gasteiger partial charge is 0.231 e. The highest BCUT2D eigenvalue weighted by molar-refractivity contribution is 7.91. The van der Waals surface area contributed by atoms with Crippen LogP contribution in [0.25, 0.3) is 0 Å². The van der Waals surface area contributed by atoms with E-state index >= 15 is 0 Å². The molecule has 0 spiro atoms. The van der Waals surface area contributed by atoms with Gasteiger partial charge >= 0.3 is 0 Å². The molecule has 2 aliphatic heterocycles. The van der Waals surface area contributed by atoms with Gasteiger partial charge in [-0.25, -0.2) is 18.1 Å². The second kappa shape index (κ2) is 6.57. The lowest BCUT2D eigenvalue weighted by molar-refractivity contribution is 0.174. The Morgan fingerprint density at radius 1 is 1.23 bits per heavy atom. The van der Waals surface area contributed by atoms with Crippen molar-refractivity contribution in [3.8, 4) is 11.5 Å². The number of rotatable bonds is 5. The third-order valence-corrected chi connectivity index (χ3v) is 6.61. The fourth-order valence-electron chi connectivity index (χ4n) is 3.40. The third kappa shape index (κ3) is 3.42. The van der Waals surface area contributed by atoms with Gasteiger partial charge in [-0.2, -0.15) is 5.10 Å². The summed E-state index contributed by atoms with van der Waals surface area (Å²) < 4.78 is 36.4. The van der Waals surface area contributed by atoms with Crippen molar-refractivity contribution in [1.82, 2.24) is 14.8 Å².